The zero-order valence-electron chi connectivity index (χ0n) is 7.46. The van der Waals surface area contributed by atoms with Crippen molar-refractivity contribution < 1.29 is 4.79 Å². The number of Topliss-reactive ketones (excluding diaryl/α,β-unsaturated/α-hetero) is 1. The number of carbonyl (C=O) groups excluding carboxylic acids is 1. The molecule has 0 radical (unpaired) electrons. The van der Waals surface area contributed by atoms with Gasteiger partial charge >= 0.3 is 0 Å². The largest absolute Gasteiger partial charge is 0.306 e. The minimum absolute atomic E-state index is 0.0510. The molecule has 0 bridgehead atoms. The van der Waals surface area contributed by atoms with E-state index >= 15 is 0 Å². The maximum atomic E-state index is 11.9. The predicted octanol–water partition coefficient (Wildman–Crippen LogP) is 2.29. The molecule has 1 saturated heterocycles. The smallest absolute Gasteiger partial charge is 0.191 e. The molecule has 2 heterocycles. The molecular weight excluding hydrogens is 238 g/mol. The van der Waals surface area contributed by atoms with Gasteiger partial charge in [0.05, 0.1) is 15.9 Å². The highest BCUT2D eigenvalue weighted by atomic mass is 35.5. The number of ketones is 1. The number of thiophene rings is 1. The molecule has 76 valence electrons. The molecule has 1 fully saturated rings. The second-order valence-corrected chi connectivity index (χ2v) is 5.52. The first-order valence-corrected chi connectivity index (χ1v) is 6.78. The lowest BCUT2D eigenvalue weighted by Gasteiger charge is -2.21. The van der Waals surface area contributed by atoms with Crippen molar-refractivity contribution in [1.82, 2.24) is 5.32 Å². The zero-order valence-corrected chi connectivity index (χ0v) is 9.85. The normalized spacial score (nSPS) is 22.2. The van der Waals surface area contributed by atoms with Crippen LogP contribution in [0.2, 0.25) is 5.02 Å². The van der Waals surface area contributed by atoms with Gasteiger partial charge < -0.3 is 5.32 Å². The van der Waals surface area contributed by atoms with Crippen molar-refractivity contribution in [1.29, 1.82) is 0 Å². The van der Waals surface area contributed by atoms with Gasteiger partial charge in [-0.05, 0) is 11.4 Å². The van der Waals surface area contributed by atoms with Crippen molar-refractivity contribution in [3.63, 3.8) is 0 Å². The van der Waals surface area contributed by atoms with E-state index < -0.39 is 0 Å². The molecule has 0 amide bonds. The Bertz CT molecular complexity index is 333. The molecule has 5 heteroatoms. The van der Waals surface area contributed by atoms with Crippen LogP contribution in [-0.2, 0) is 0 Å². The Morgan fingerprint density at radius 2 is 2.50 bits per heavy atom. The minimum atomic E-state index is -0.0510. The Hall–Kier alpha value is -0.0300. The third-order valence-corrected chi connectivity index (χ3v) is 4.50. The summed E-state index contributed by atoms with van der Waals surface area (Å²) in [6.07, 6.45) is 0. The van der Waals surface area contributed by atoms with E-state index in [0.29, 0.717) is 9.90 Å². The molecule has 1 atom stereocenters. The van der Waals surface area contributed by atoms with Gasteiger partial charge in [0.25, 0.3) is 0 Å². The van der Waals surface area contributed by atoms with E-state index in [2.05, 4.69) is 5.32 Å². The van der Waals surface area contributed by atoms with Gasteiger partial charge in [0, 0.05) is 18.1 Å². The van der Waals surface area contributed by atoms with Gasteiger partial charge in [0.1, 0.15) is 0 Å². The monoisotopic (exact) mass is 247 g/mol. The van der Waals surface area contributed by atoms with E-state index in [1.54, 1.807) is 6.07 Å². The number of hydrogen-bond acceptors (Lipinski definition) is 4. The average Bonchev–Trinajstić information content (AvgIpc) is 2.65. The summed E-state index contributed by atoms with van der Waals surface area (Å²) < 4.78 is 0. The summed E-state index contributed by atoms with van der Waals surface area (Å²) >= 11 is 9.14. The number of rotatable bonds is 2. The van der Waals surface area contributed by atoms with Gasteiger partial charge in [-0.25, -0.2) is 0 Å². The molecule has 0 spiro atoms. The Morgan fingerprint density at radius 3 is 3.07 bits per heavy atom. The van der Waals surface area contributed by atoms with Crippen LogP contribution in [0, 0.1) is 0 Å². The summed E-state index contributed by atoms with van der Waals surface area (Å²) in [6.45, 7) is 0.907. The lowest BCUT2D eigenvalue weighted by Crippen LogP contribution is -2.43. The molecule has 1 aromatic rings. The SMILES string of the molecule is O=C(c1sccc1Cl)C1CSCCN1. The summed E-state index contributed by atoms with van der Waals surface area (Å²) in [5, 5.41) is 5.65. The molecule has 1 unspecified atom stereocenters. The van der Waals surface area contributed by atoms with Crippen molar-refractivity contribution in [3.8, 4) is 0 Å². The van der Waals surface area contributed by atoms with Gasteiger partial charge in [-0.15, -0.1) is 11.3 Å². The summed E-state index contributed by atoms with van der Waals surface area (Å²) in [5.74, 6) is 2.08. The van der Waals surface area contributed by atoms with Gasteiger partial charge in [-0.2, -0.15) is 11.8 Å². The fourth-order valence-corrected chi connectivity index (χ4v) is 3.44. The van der Waals surface area contributed by atoms with E-state index in [1.807, 2.05) is 17.1 Å². The summed E-state index contributed by atoms with van der Waals surface area (Å²) in [6, 6.07) is 1.72. The van der Waals surface area contributed by atoms with Gasteiger partial charge in [0.15, 0.2) is 5.78 Å². The Balaban J connectivity index is 2.11. The molecule has 0 aliphatic carbocycles. The third-order valence-electron chi connectivity index (χ3n) is 2.08. The second kappa shape index (κ2) is 4.66. The highest BCUT2D eigenvalue weighted by Crippen LogP contribution is 2.24. The van der Waals surface area contributed by atoms with Gasteiger partial charge in [-0.1, -0.05) is 11.6 Å². The lowest BCUT2D eigenvalue weighted by molar-refractivity contribution is 0.0957. The maximum absolute atomic E-state index is 11.9. The van der Waals surface area contributed by atoms with Gasteiger partial charge in [0.2, 0.25) is 0 Å². The number of hydrogen-bond donors (Lipinski definition) is 1. The van der Waals surface area contributed by atoms with Crippen LogP contribution in [0.15, 0.2) is 11.4 Å². The highest BCUT2D eigenvalue weighted by molar-refractivity contribution is 7.99. The molecule has 0 aromatic carbocycles. The van der Waals surface area contributed by atoms with Crippen LogP contribution < -0.4 is 5.32 Å². The van der Waals surface area contributed by atoms with Crippen LogP contribution in [0.1, 0.15) is 9.67 Å². The van der Waals surface area contributed by atoms with Crippen molar-refractivity contribution >= 4 is 40.5 Å². The van der Waals surface area contributed by atoms with Crippen LogP contribution in [0.4, 0.5) is 0 Å². The van der Waals surface area contributed by atoms with Crippen molar-refractivity contribution in [3.05, 3.63) is 21.3 Å². The minimum Gasteiger partial charge on any atom is -0.306 e. The molecular formula is C9H10ClNOS2. The third kappa shape index (κ3) is 2.14. The van der Waals surface area contributed by atoms with E-state index in [0.717, 1.165) is 18.1 Å². The zero-order chi connectivity index (χ0) is 9.97. The van der Waals surface area contributed by atoms with E-state index in [4.69, 9.17) is 11.6 Å². The molecule has 2 rings (SSSR count). The quantitative estimate of drug-likeness (QED) is 0.814. The standard InChI is InChI=1S/C9H10ClNOS2/c10-6-1-3-14-9(6)8(12)7-5-13-4-2-11-7/h1,3,7,11H,2,4-5H2. The molecule has 2 nitrogen and oxygen atoms in total. The molecule has 14 heavy (non-hydrogen) atoms. The highest BCUT2D eigenvalue weighted by Gasteiger charge is 2.24. The summed E-state index contributed by atoms with van der Waals surface area (Å²) in [5.41, 5.74) is 0. The van der Waals surface area contributed by atoms with Crippen LogP contribution in [0.25, 0.3) is 0 Å². The first kappa shape index (κ1) is 10.5. The second-order valence-electron chi connectivity index (χ2n) is 3.04. The van der Waals surface area contributed by atoms with Crippen LogP contribution in [0.5, 0.6) is 0 Å². The molecule has 1 aromatic heterocycles. The number of thioether (sulfide) groups is 1. The van der Waals surface area contributed by atoms with Crippen LogP contribution in [0.3, 0.4) is 0 Å². The fraction of sp³-hybridized carbons (Fsp3) is 0.444. The average molecular weight is 248 g/mol. The Labute approximate surface area is 96.0 Å². The van der Waals surface area contributed by atoms with Crippen LogP contribution in [-0.4, -0.2) is 29.9 Å². The number of carbonyl (C=O) groups is 1. The summed E-state index contributed by atoms with van der Waals surface area (Å²) in [7, 11) is 0. The number of nitrogens with one attached hydrogen (secondary N) is 1. The summed E-state index contributed by atoms with van der Waals surface area (Å²) in [4.78, 5) is 12.6. The first-order chi connectivity index (χ1) is 6.79. The van der Waals surface area contributed by atoms with E-state index in [-0.39, 0.29) is 11.8 Å². The van der Waals surface area contributed by atoms with Gasteiger partial charge in [-0.3, -0.25) is 4.79 Å². The lowest BCUT2D eigenvalue weighted by atomic mass is 10.2. The maximum Gasteiger partial charge on any atom is 0.191 e. The van der Waals surface area contributed by atoms with Crippen molar-refractivity contribution in [2.24, 2.45) is 0 Å². The Morgan fingerprint density at radius 1 is 1.64 bits per heavy atom. The predicted molar refractivity (Wildman–Crippen MR) is 62.8 cm³/mol. The fourth-order valence-electron chi connectivity index (χ4n) is 1.36. The topological polar surface area (TPSA) is 29.1 Å². The Kier molecular flexibility index (Phi) is 3.49. The molecule has 0 saturated carbocycles. The first-order valence-electron chi connectivity index (χ1n) is 4.37. The van der Waals surface area contributed by atoms with Crippen molar-refractivity contribution in [2.45, 2.75) is 6.04 Å². The molecule has 1 aliphatic rings. The van der Waals surface area contributed by atoms with Crippen molar-refractivity contribution in [2.75, 3.05) is 18.1 Å². The molecule has 1 N–H and O–H groups in total. The van der Waals surface area contributed by atoms with Crippen LogP contribution >= 0.6 is 34.7 Å². The van der Waals surface area contributed by atoms with E-state index in [9.17, 15) is 4.79 Å². The number of halogens is 1. The van der Waals surface area contributed by atoms with E-state index in [1.165, 1.54) is 11.3 Å². The molecule has 1 aliphatic heterocycles.